The van der Waals surface area contributed by atoms with Crippen LogP contribution < -0.4 is 5.32 Å². The molecule has 20 heavy (non-hydrogen) atoms. The van der Waals surface area contributed by atoms with E-state index in [-0.39, 0.29) is 5.54 Å². The van der Waals surface area contributed by atoms with Crippen LogP contribution in [0.25, 0.3) is 0 Å². The average molecular weight is 283 g/mol. The molecule has 0 aliphatic heterocycles. The predicted octanol–water partition coefficient (Wildman–Crippen LogP) is 4.45. The molecule has 0 radical (unpaired) electrons. The number of unbranched alkanes of at least 4 members (excludes halogenated alkanes) is 2. The van der Waals surface area contributed by atoms with Crippen LogP contribution in [0.3, 0.4) is 0 Å². The standard InChI is InChI=1S/C18H38N2/c1-16(2)15-20(17-11-7-8-12-17)14-10-6-9-13-19-18(3,4)5/h16-17,19H,6-15H2,1-5H3. The van der Waals surface area contributed by atoms with Gasteiger partial charge in [-0.1, -0.05) is 33.1 Å². The van der Waals surface area contributed by atoms with E-state index in [0.29, 0.717) is 0 Å². The van der Waals surface area contributed by atoms with Crippen molar-refractivity contribution in [2.75, 3.05) is 19.6 Å². The van der Waals surface area contributed by atoms with E-state index in [1.807, 2.05) is 0 Å². The normalized spacial score (nSPS) is 17.6. The second kappa shape index (κ2) is 9.04. The lowest BCUT2D eigenvalue weighted by atomic mass is 10.1. The molecule has 1 aliphatic rings. The molecular weight excluding hydrogens is 244 g/mol. The minimum Gasteiger partial charge on any atom is -0.312 e. The van der Waals surface area contributed by atoms with Crippen LogP contribution >= 0.6 is 0 Å². The second-order valence-corrected chi connectivity index (χ2v) is 8.06. The first kappa shape index (κ1) is 18.0. The summed E-state index contributed by atoms with van der Waals surface area (Å²) in [6.45, 7) is 15.2. The van der Waals surface area contributed by atoms with Crippen molar-refractivity contribution < 1.29 is 0 Å². The first-order chi connectivity index (χ1) is 9.38. The summed E-state index contributed by atoms with van der Waals surface area (Å²) in [7, 11) is 0. The van der Waals surface area contributed by atoms with E-state index in [1.165, 1.54) is 58.0 Å². The van der Waals surface area contributed by atoms with Gasteiger partial charge in [-0.3, -0.25) is 0 Å². The molecule has 1 fully saturated rings. The van der Waals surface area contributed by atoms with Crippen molar-refractivity contribution in [1.82, 2.24) is 10.2 Å². The molecule has 0 aromatic carbocycles. The molecule has 0 heterocycles. The van der Waals surface area contributed by atoms with Gasteiger partial charge in [-0.15, -0.1) is 0 Å². The maximum absolute atomic E-state index is 3.58. The van der Waals surface area contributed by atoms with Crippen LogP contribution in [-0.2, 0) is 0 Å². The quantitative estimate of drug-likeness (QED) is 0.629. The molecule has 0 spiro atoms. The molecule has 2 nitrogen and oxygen atoms in total. The van der Waals surface area contributed by atoms with Crippen LogP contribution in [0, 0.1) is 5.92 Å². The first-order valence-electron chi connectivity index (χ1n) is 8.87. The Labute approximate surface area is 127 Å². The number of rotatable bonds is 9. The number of hydrogen-bond donors (Lipinski definition) is 1. The summed E-state index contributed by atoms with van der Waals surface area (Å²) in [6.07, 6.45) is 9.84. The van der Waals surface area contributed by atoms with Crippen LogP contribution in [0.2, 0.25) is 0 Å². The van der Waals surface area contributed by atoms with Crippen LogP contribution in [0.4, 0.5) is 0 Å². The van der Waals surface area contributed by atoms with Gasteiger partial charge in [-0.2, -0.15) is 0 Å². The van der Waals surface area contributed by atoms with Crippen molar-refractivity contribution in [3.63, 3.8) is 0 Å². The molecule has 1 aliphatic carbocycles. The average Bonchev–Trinajstić information content (AvgIpc) is 2.83. The lowest BCUT2D eigenvalue weighted by molar-refractivity contribution is 0.173. The van der Waals surface area contributed by atoms with Crippen LogP contribution in [0.15, 0.2) is 0 Å². The molecule has 0 aromatic rings. The minimum atomic E-state index is 0.271. The lowest BCUT2D eigenvalue weighted by Crippen LogP contribution is -2.37. The van der Waals surface area contributed by atoms with Crippen LogP contribution in [0.5, 0.6) is 0 Å². The predicted molar refractivity (Wildman–Crippen MR) is 90.3 cm³/mol. The molecule has 0 amide bonds. The Kier molecular flexibility index (Phi) is 8.13. The summed E-state index contributed by atoms with van der Waals surface area (Å²) in [5.41, 5.74) is 0.271. The van der Waals surface area contributed by atoms with E-state index in [9.17, 15) is 0 Å². The summed E-state index contributed by atoms with van der Waals surface area (Å²) < 4.78 is 0. The van der Waals surface area contributed by atoms with Crippen LogP contribution in [0.1, 0.15) is 79.6 Å². The molecule has 1 rings (SSSR count). The fourth-order valence-electron chi connectivity index (χ4n) is 3.24. The molecule has 0 atom stereocenters. The fraction of sp³-hybridized carbons (Fsp3) is 1.00. The minimum absolute atomic E-state index is 0.271. The monoisotopic (exact) mass is 282 g/mol. The van der Waals surface area contributed by atoms with Gasteiger partial charge < -0.3 is 10.2 Å². The Bertz CT molecular complexity index is 236. The first-order valence-corrected chi connectivity index (χ1v) is 8.87. The number of nitrogens with one attached hydrogen (secondary N) is 1. The molecular formula is C18H38N2. The lowest BCUT2D eigenvalue weighted by Gasteiger charge is -2.30. The SMILES string of the molecule is CC(C)CN(CCCCCNC(C)(C)C)C1CCCC1. The van der Waals surface area contributed by atoms with Crippen molar-refractivity contribution >= 4 is 0 Å². The third-order valence-electron chi connectivity index (χ3n) is 4.22. The van der Waals surface area contributed by atoms with Crippen molar-refractivity contribution in [3.8, 4) is 0 Å². The summed E-state index contributed by atoms with van der Waals surface area (Å²) in [5, 5.41) is 3.58. The molecule has 0 unspecified atom stereocenters. The third kappa shape index (κ3) is 8.26. The maximum Gasteiger partial charge on any atom is 0.00965 e. The van der Waals surface area contributed by atoms with E-state index in [4.69, 9.17) is 0 Å². The Balaban J connectivity index is 2.15. The second-order valence-electron chi connectivity index (χ2n) is 8.06. The van der Waals surface area contributed by atoms with Crippen molar-refractivity contribution in [2.45, 2.75) is 91.1 Å². The zero-order valence-electron chi connectivity index (χ0n) is 14.7. The van der Waals surface area contributed by atoms with Crippen LogP contribution in [-0.4, -0.2) is 36.1 Å². The fourth-order valence-corrected chi connectivity index (χ4v) is 3.24. The smallest absolute Gasteiger partial charge is 0.00965 e. The Morgan fingerprint density at radius 3 is 2.25 bits per heavy atom. The Hall–Kier alpha value is -0.0800. The van der Waals surface area contributed by atoms with Gasteiger partial charge in [0.2, 0.25) is 0 Å². The molecule has 120 valence electrons. The molecule has 1 N–H and O–H groups in total. The molecule has 0 bridgehead atoms. The van der Waals surface area contributed by atoms with Crippen molar-refractivity contribution in [1.29, 1.82) is 0 Å². The molecule has 0 saturated heterocycles. The number of nitrogens with zero attached hydrogens (tertiary/aromatic N) is 1. The van der Waals surface area contributed by atoms with Gasteiger partial charge in [-0.05, 0) is 65.5 Å². The third-order valence-corrected chi connectivity index (χ3v) is 4.22. The Morgan fingerprint density at radius 1 is 1.05 bits per heavy atom. The topological polar surface area (TPSA) is 15.3 Å². The molecule has 2 heteroatoms. The summed E-state index contributed by atoms with van der Waals surface area (Å²) >= 11 is 0. The number of hydrogen-bond acceptors (Lipinski definition) is 2. The van der Waals surface area contributed by atoms with Gasteiger partial charge in [-0.25, -0.2) is 0 Å². The van der Waals surface area contributed by atoms with E-state index >= 15 is 0 Å². The van der Waals surface area contributed by atoms with Gasteiger partial charge in [0.25, 0.3) is 0 Å². The zero-order chi connectivity index (χ0) is 15.0. The van der Waals surface area contributed by atoms with Gasteiger partial charge in [0.05, 0.1) is 0 Å². The zero-order valence-corrected chi connectivity index (χ0v) is 14.7. The van der Waals surface area contributed by atoms with Gasteiger partial charge in [0, 0.05) is 18.1 Å². The van der Waals surface area contributed by atoms with Crippen molar-refractivity contribution in [3.05, 3.63) is 0 Å². The van der Waals surface area contributed by atoms with E-state index in [1.54, 1.807) is 0 Å². The van der Waals surface area contributed by atoms with E-state index in [0.717, 1.165) is 18.5 Å². The maximum atomic E-state index is 3.58. The van der Waals surface area contributed by atoms with Gasteiger partial charge >= 0.3 is 0 Å². The summed E-state index contributed by atoms with van der Waals surface area (Å²) in [5.74, 6) is 0.804. The summed E-state index contributed by atoms with van der Waals surface area (Å²) in [6, 6.07) is 0.894. The van der Waals surface area contributed by atoms with Gasteiger partial charge in [0.15, 0.2) is 0 Å². The highest BCUT2D eigenvalue weighted by molar-refractivity contribution is 4.78. The van der Waals surface area contributed by atoms with Crippen molar-refractivity contribution in [2.24, 2.45) is 5.92 Å². The Morgan fingerprint density at radius 2 is 1.70 bits per heavy atom. The molecule has 1 saturated carbocycles. The van der Waals surface area contributed by atoms with E-state index in [2.05, 4.69) is 44.8 Å². The summed E-state index contributed by atoms with van der Waals surface area (Å²) in [4.78, 5) is 2.79. The van der Waals surface area contributed by atoms with Gasteiger partial charge in [0.1, 0.15) is 0 Å². The highest BCUT2D eigenvalue weighted by Crippen LogP contribution is 2.24. The molecule has 0 aromatic heterocycles. The highest BCUT2D eigenvalue weighted by atomic mass is 15.2. The van der Waals surface area contributed by atoms with E-state index < -0.39 is 0 Å². The highest BCUT2D eigenvalue weighted by Gasteiger charge is 2.22. The largest absolute Gasteiger partial charge is 0.312 e.